The molecule has 0 bridgehead atoms. The van der Waals surface area contributed by atoms with Crippen LogP contribution in [0.2, 0.25) is 0 Å². The number of rotatable bonds is 6. The molecular formula is C16H33NO. The van der Waals surface area contributed by atoms with Gasteiger partial charge in [0.05, 0.1) is 0 Å². The van der Waals surface area contributed by atoms with E-state index in [0.717, 1.165) is 19.1 Å². The van der Waals surface area contributed by atoms with Crippen LogP contribution in [0.15, 0.2) is 0 Å². The van der Waals surface area contributed by atoms with E-state index in [-0.39, 0.29) is 16.5 Å². The molecule has 1 N–H and O–H groups in total. The van der Waals surface area contributed by atoms with Gasteiger partial charge in [-0.3, -0.25) is 0 Å². The average molecular weight is 255 g/mol. The fourth-order valence-corrected chi connectivity index (χ4v) is 3.51. The van der Waals surface area contributed by atoms with Crippen molar-refractivity contribution in [2.24, 2.45) is 10.8 Å². The van der Waals surface area contributed by atoms with E-state index < -0.39 is 0 Å². The fourth-order valence-electron chi connectivity index (χ4n) is 3.51. The normalized spacial score (nSPS) is 14.7. The molecule has 18 heavy (non-hydrogen) atoms. The van der Waals surface area contributed by atoms with Crippen molar-refractivity contribution in [3.05, 3.63) is 0 Å². The number of carbonyl (C=O) groups is 1. The van der Waals surface area contributed by atoms with Gasteiger partial charge in [-0.15, -0.1) is 0 Å². The second-order valence-corrected chi connectivity index (χ2v) is 8.91. The Bertz CT molecular complexity index is 282. The predicted molar refractivity (Wildman–Crippen MR) is 79.8 cm³/mol. The van der Waals surface area contributed by atoms with Gasteiger partial charge in [-0.25, -0.2) is 0 Å². The first-order valence-corrected chi connectivity index (χ1v) is 6.94. The van der Waals surface area contributed by atoms with Crippen LogP contribution in [0.4, 0.5) is 0 Å². The zero-order valence-corrected chi connectivity index (χ0v) is 13.9. The largest absolute Gasteiger partial charge is 0.307 e. The molecule has 0 aliphatic heterocycles. The van der Waals surface area contributed by atoms with Crippen LogP contribution in [0, 0.1) is 10.8 Å². The monoisotopic (exact) mass is 255 g/mol. The summed E-state index contributed by atoms with van der Waals surface area (Å²) in [7, 11) is 0. The Kier molecular flexibility index (Phi) is 5.21. The van der Waals surface area contributed by atoms with Crippen molar-refractivity contribution in [2.75, 3.05) is 0 Å². The van der Waals surface area contributed by atoms with Gasteiger partial charge < -0.3 is 10.1 Å². The van der Waals surface area contributed by atoms with E-state index in [9.17, 15) is 4.79 Å². The molecular weight excluding hydrogens is 222 g/mol. The molecule has 108 valence electrons. The van der Waals surface area contributed by atoms with Crippen LogP contribution in [0.1, 0.15) is 75.2 Å². The second-order valence-electron chi connectivity index (χ2n) is 8.91. The Balaban J connectivity index is 4.70. The molecule has 0 unspecified atom stereocenters. The van der Waals surface area contributed by atoms with E-state index in [0.29, 0.717) is 5.41 Å². The molecule has 0 spiro atoms. The van der Waals surface area contributed by atoms with Crippen molar-refractivity contribution in [1.82, 2.24) is 5.32 Å². The highest BCUT2D eigenvalue weighted by molar-refractivity contribution is 5.58. The zero-order chi connectivity index (χ0) is 14.8. The van der Waals surface area contributed by atoms with Crippen molar-refractivity contribution in [3.8, 4) is 0 Å². The molecule has 0 saturated carbocycles. The van der Waals surface area contributed by atoms with E-state index in [2.05, 4.69) is 53.8 Å². The minimum Gasteiger partial charge on any atom is -0.307 e. The molecule has 0 heterocycles. The van der Waals surface area contributed by atoms with Gasteiger partial charge in [-0.1, -0.05) is 34.6 Å². The standard InChI is InChI=1S/C16H33NO/c1-13(2,3)10-15(6,7)17-16(8,9)11-14(4,5)12-18/h12,17H,10-11H2,1-9H3. The lowest BCUT2D eigenvalue weighted by molar-refractivity contribution is -0.115. The lowest BCUT2D eigenvalue weighted by Gasteiger charge is -2.42. The molecule has 0 aliphatic carbocycles. The Morgan fingerprint density at radius 3 is 1.50 bits per heavy atom. The maximum Gasteiger partial charge on any atom is 0.125 e. The summed E-state index contributed by atoms with van der Waals surface area (Å²) in [5.41, 5.74) is 0.0565. The molecule has 0 amide bonds. The molecule has 0 aromatic rings. The van der Waals surface area contributed by atoms with Gasteiger partial charge in [-0.05, 0) is 46.0 Å². The van der Waals surface area contributed by atoms with Gasteiger partial charge in [0, 0.05) is 16.5 Å². The first kappa shape index (κ1) is 17.6. The molecule has 0 aliphatic rings. The van der Waals surface area contributed by atoms with Gasteiger partial charge in [0.15, 0.2) is 0 Å². The zero-order valence-electron chi connectivity index (χ0n) is 13.9. The Labute approximate surface area is 114 Å². The smallest absolute Gasteiger partial charge is 0.125 e. The minimum atomic E-state index is -0.270. The number of aldehydes is 1. The summed E-state index contributed by atoms with van der Waals surface area (Å²) in [6, 6.07) is 0. The van der Waals surface area contributed by atoms with Crippen molar-refractivity contribution < 1.29 is 4.79 Å². The van der Waals surface area contributed by atoms with E-state index in [1.807, 2.05) is 13.8 Å². The molecule has 0 rings (SSSR count). The maximum absolute atomic E-state index is 11.1. The third-order valence-corrected chi connectivity index (χ3v) is 2.87. The Hall–Kier alpha value is -0.370. The van der Waals surface area contributed by atoms with Crippen LogP contribution in [0.25, 0.3) is 0 Å². The number of hydrogen-bond acceptors (Lipinski definition) is 2. The molecule has 0 fully saturated rings. The molecule has 0 radical (unpaired) electrons. The van der Waals surface area contributed by atoms with E-state index in [4.69, 9.17) is 0 Å². The van der Waals surface area contributed by atoms with Crippen LogP contribution in [0.5, 0.6) is 0 Å². The van der Waals surface area contributed by atoms with Crippen molar-refractivity contribution in [3.63, 3.8) is 0 Å². The molecule has 0 atom stereocenters. The fraction of sp³-hybridized carbons (Fsp3) is 0.938. The number of nitrogens with one attached hydrogen (secondary N) is 1. The van der Waals surface area contributed by atoms with Crippen molar-refractivity contribution >= 4 is 6.29 Å². The first-order chi connectivity index (χ1) is 7.68. The van der Waals surface area contributed by atoms with Gasteiger partial charge in [0.1, 0.15) is 6.29 Å². The lowest BCUT2D eigenvalue weighted by atomic mass is 9.77. The van der Waals surface area contributed by atoms with E-state index in [1.54, 1.807) is 0 Å². The van der Waals surface area contributed by atoms with Crippen LogP contribution >= 0.6 is 0 Å². The summed E-state index contributed by atoms with van der Waals surface area (Å²) < 4.78 is 0. The van der Waals surface area contributed by atoms with Crippen molar-refractivity contribution in [2.45, 2.75) is 86.2 Å². The van der Waals surface area contributed by atoms with Crippen LogP contribution in [0.3, 0.4) is 0 Å². The van der Waals surface area contributed by atoms with Gasteiger partial charge in [0.2, 0.25) is 0 Å². The third-order valence-electron chi connectivity index (χ3n) is 2.87. The van der Waals surface area contributed by atoms with Crippen molar-refractivity contribution in [1.29, 1.82) is 0 Å². The minimum absolute atomic E-state index is 0.0425. The second kappa shape index (κ2) is 5.32. The summed E-state index contributed by atoms with van der Waals surface area (Å²) in [5.74, 6) is 0. The molecule has 2 nitrogen and oxygen atoms in total. The SMILES string of the molecule is CC(C)(C)CC(C)(C)NC(C)(C)CC(C)(C)C=O. The highest BCUT2D eigenvalue weighted by Crippen LogP contribution is 2.32. The first-order valence-electron chi connectivity index (χ1n) is 6.94. The van der Waals surface area contributed by atoms with Crippen LogP contribution in [-0.2, 0) is 4.79 Å². The highest BCUT2D eigenvalue weighted by atomic mass is 16.1. The average Bonchev–Trinajstić information content (AvgIpc) is 1.93. The summed E-state index contributed by atoms with van der Waals surface area (Å²) in [6.07, 6.45) is 3.01. The van der Waals surface area contributed by atoms with E-state index in [1.165, 1.54) is 0 Å². The molecule has 0 aromatic heterocycles. The molecule has 0 aromatic carbocycles. The number of carbonyl (C=O) groups excluding carboxylic acids is 1. The molecule has 2 heteroatoms. The quantitative estimate of drug-likeness (QED) is 0.721. The Morgan fingerprint density at radius 2 is 1.17 bits per heavy atom. The van der Waals surface area contributed by atoms with Gasteiger partial charge in [0.25, 0.3) is 0 Å². The van der Waals surface area contributed by atoms with E-state index >= 15 is 0 Å². The van der Waals surface area contributed by atoms with Crippen LogP contribution in [-0.4, -0.2) is 17.4 Å². The van der Waals surface area contributed by atoms with Crippen LogP contribution < -0.4 is 5.32 Å². The highest BCUT2D eigenvalue weighted by Gasteiger charge is 2.34. The summed E-state index contributed by atoms with van der Waals surface area (Å²) in [5, 5.41) is 3.72. The molecule has 0 saturated heterocycles. The number of hydrogen-bond donors (Lipinski definition) is 1. The third kappa shape index (κ3) is 7.86. The summed E-state index contributed by atoms with van der Waals surface area (Å²) in [6.45, 7) is 19.6. The Morgan fingerprint density at radius 1 is 0.778 bits per heavy atom. The van der Waals surface area contributed by atoms with Gasteiger partial charge >= 0.3 is 0 Å². The topological polar surface area (TPSA) is 29.1 Å². The predicted octanol–water partition coefficient (Wildman–Crippen LogP) is 4.18. The summed E-state index contributed by atoms with van der Waals surface area (Å²) >= 11 is 0. The summed E-state index contributed by atoms with van der Waals surface area (Å²) in [4.78, 5) is 11.1. The lowest BCUT2D eigenvalue weighted by Crippen LogP contribution is -2.54. The van der Waals surface area contributed by atoms with Gasteiger partial charge in [-0.2, -0.15) is 0 Å². The maximum atomic E-state index is 11.1.